The van der Waals surface area contributed by atoms with Crippen molar-refractivity contribution in [3.05, 3.63) is 29.8 Å². The molecule has 0 saturated heterocycles. The number of hydrogen-bond acceptors (Lipinski definition) is 5. The van der Waals surface area contributed by atoms with Crippen molar-refractivity contribution >= 4 is 12.0 Å². The zero-order valence-electron chi connectivity index (χ0n) is 12.5. The lowest BCUT2D eigenvalue weighted by Gasteiger charge is -2.28. The molecule has 0 spiro atoms. The molecule has 21 heavy (non-hydrogen) atoms. The minimum Gasteiger partial charge on any atom is -0.487 e. The van der Waals surface area contributed by atoms with Gasteiger partial charge in [0.2, 0.25) is 0 Å². The van der Waals surface area contributed by atoms with E-state index in [1.54, 1.807) is 39.0 Å². The van der Waals surface area contributed by atoms with Crippen LogP contribution in [0.3, 0.4) is 0 Å². The van der Waals surface area contributed by atoms with Gasteiger partial charge < -0.3 is 19.3 Å². The molecule has 0 amide bonds. The predicted molar refractivity (Wildman–Crippen MR) is 78.3 cm³/mol. The average molecular weight is 292 g/mol. The minimum absolute atomic E-state index is 0.179. The summed E-state index contributed by atoms with van der Waals surface area (Å²) in [4.78, 5) is 11.3. The Kier molecular flexibility index (Phi) is 4.53. The van der Waals surface area contributed by atoms with Gasteiger partial charge in [-0.05, 0) is 44.5 Å². The molecule has 0 fully saturated rings. The van der Waals surface area contributed by atoms with Crippen LogP contribution in [0.25, 0.3) is 6.08 Å². The first-order valence-corrected chi connectivity index (χ1v) is 6.91. The van der Waals surface area contributed by atoms with Crippen molar-refractivity contribution in [1.82, 2.24) is 0 Å². The molecule has 1 aliphatic rings. The van der Waals surface area contributed by atoms with Gasteiger partial charge in [-0.25, -0.2) is 4.79 Å². The summed E-state index contributed by atoms with van der Waals surface area (Å²) < 4.78 is 16.2. The molecule has 0 unspecified atom stereocenters. The summed E-state index contributed by atoms with van der Waals surface area (Å²) in [6, 6.07) is 5.34. The van der Waals surface area contributed by atoms with E-state index in [0.717, 1.165) is 5.56 Å². The van der Waals surface area contributed by atoms with Gasteiger partial charge in [0.1, 0.15) is 18.3 Å². The standard InChI is InChI=1S/C16H20O5/c1-4-19-15(18)8-6-11-5-7-12-13(9-11)21-16(2,3)14(17)10-20-12/h5-9,14,17H,4,10H2,1-3H3/b8-6+/t14-/m0/s1. The molecular formula is C16H20O5. The van der Waals surface area contributed by atoms with E-state index in [0.29, 0.717) is 18.1 Å². The van der Waals surface area contributed by atoms with Crippen LogP contribution in [0, 0.1) is 0 Å². The van der Waals surface area contributed by atoms with E-state index in [4.69, 9.17) is 14.2 Å². The van der Waals surface area contributed by atoms with Gasteiger partial charge in [0, 0.05) is 6.08 Å². The summed E-state index contributed by atoms with van der Waals surface area (Å²) in [5, 5.41) is 9.97. The van der Waals surface area contributed by atoms with Crippen molar-refractivity contribution in [1.29, 1.82) is 0 Å². The van der Waals surface area contributed by atoms with Gasteiger partial charge in [0.25, 0.3) is 0 Å². The Morgan fingerprint density at radius 2 is 2.24 bits per heavy atom. The molecule has 0 bridgehead atoms. The predicted octanol–water partition coefficient (Wildman–Crippen LogP) is 2.17. The zero-order valence-corrected chi connectivity index (χ0v) is 12.5. The maximum atomic E-state index is 11.3. The third-order valence-corrected chi connectivity index (χ3v) is 3.24. The second kappa shape index (κ2) is 6.18. The third-order valence-electron chi connectivity index (χ3n) is 3.24. The molecular weight excluding hydrogens is 272 g/mol. The van der Waals surface area contributed by atoms with E-state index in [1.807, 2.05) is 6.07 Å². The first kappa shape index (κ1) is 15.4. The van der Waals surface area contributed by atoms with E-state index in [2.05, 4.69) is 0 Å². The average Bonchev–Trinajstić information content (AvgIpc) is 2.53. The molecule has 0 aromatic heterocycles. The minimum atomic E-state index is -0.741. The van der Waals surface area contributed by atoms with Gasteiger partial charge in [-0.15, -0.1) is 0 Å². The van der Waals surface area contributed by atoms with Crippen molar-refractivity contribution in [2.24, 2.45) is 0 Å². The van der Waals surface area contributed by atoms with E-state index >= 15 is 0 Å². The van der Waals surface area contributed by atoms with Crippen LogP contribution >= 0.6 is 0 Å². The van der Waals surface area contributed by atoms with E-state index < -0.39 is 11.7 Å². The fourth-order valence-electron chi connectivity index (χ4n) is 1.90. The number of esters is 1. The molecule has 1 N–H and O–H groups in total. The lowest BCUT2D eigenvalue weighted by atomic mass is 10.0. The maximum absolute atomic E-state index is 11.3. The van der Waals surface area contributed by atoms with Crippen molar-refractivity contribution in [3.8, 4) is 11.5 Å². The molecule has 2 rings (SSSR count). The Balaban J connectivity index is 2.21. The van der Waals surface area contributed by atoms with Gasteiger partial charge in [0.05, 0.1) is 6.61 Å². The number of aliphatic hydroxyl groups is 1. The van der Waals surface area contributed by atoms with Crippen LogP contribution in [-0.4, -0.2) is 36.0 Å². The van der Waals surface area contributed by atoms with Crippen molar-refractivity contribution in [2.45, 2.75) is 32.5 Å². The summed E-state index contributed by atoms with van der Waals surface area (Å²) in [5.74, 6) is 0.732. The van der Waals surface area contributed by atoms with Crippen LogP contribution in [0.1, 0.15) is 26.3 Å². The molecule has 0 radical (unpaired) electrons. The normalized spacial score (nSPS) is 20.1. The Hall–Kier alpha value is -2.01. The van der Waals surface area contributed by atoms with Crippen molar-refractivity contribution in [3.63, 3.8) is 0 Å². The Morgan fingerprint density at radius 3 is 2.95 bits per heavy atom. The molecule has 1 heterocycles. The van der Waals surface area contributed by atoms with Gasteiger partial charge in [-0.3, -0.25) is 0 Å². The number of carbonyl (C=O) groups excluding carboxylic acids is 1. The summed E-state index contributed by atoms with van der Waals surface area (Å²) in [7, 11) is 0. The fourth-order valence-corrected chi connectivity index (χ4v) is 1.90. The molecule has 1 atom stereocenters. The highest BCUT2D eigenvalue weighted by atomic mass is 16.6. The zero-order chi connectivity index (χ0) is 15.5. The van der Waals surface area contributed by atoms with Crippen LogP contribution in [0.15, 0.2) is 24.3 Å². The second-order valence-electron chi connectivity index (χ2n) is 5.32. The number of carbonyl (C=O) groups is 1. The van der Waals surface area contributed by atoms with Crippen molar-refractivity contribution in [2.75, 3.05) is 13.2 Å². The Morgan fingerprint density at radius 1 is 1.48 bits per heavy atom. The van der Waals surface area contributed by atoms with Crippen molar-refractivity contribution < 1.29 is 24.1 Å². The fraction of sp³-hybridized carbons (Fsp3) is 0.438. The number of ether oxygens (including phenoxy) is 3. The van der Waals surface area contributed by atoms with Crippen LogP contribution < -0.4 is 9.47 Å². The number of fused-ring (bicyclic) bond motifs is 1. The van der Waals surface area contributed by atoms with Gasteiger partial charge in [0.15, 0.2) is 11.5 Å². The van der Waals surface area contributed by atoms with E-state index in [9.17, 15) is 9.90 Å². The molecule has 1 aliphatic heterocycles. The molecule has 1 aromatic carbocycles. The van der Waals surface area contributed by atoms with Gasteiger partial charge in [-0.1, -0.05) is 6.07 Å². The lowest BCUT2D eigenvalue weighted by Crippen LogP contribution is -2.43. The van der Waals surface area contributed by atoms with Gasteiger partial charge in [-0.2, -0.15) is 0 Å². The Labute approximate surface area is 124 Å². The number of aliphatic hydroxyl groups excluding tert-OH is 1. The quantitative estimate of drug-likeness (QED) is 0.683. The lowest BCUT2D eigenvalue weighted by molar-refractivity contribution is -0.137. The highest BCUT2D eigenvalue weighted by molar-refractivity contribution is 5.87. The summed E-state index contributed by atoms with van der Waals surface area (Å²) >= 11 is 0. The molecule has 5 heteroatoms. The molecule has 0 aliphatic carbocycles. The van der Waals surface area contributed by atoms with E-state index in [-0.39, 0.29) is 12.6 Å². The molecule has 5 nitrogen and oxygen atoms in total. The third kappa shape index (κ3) is 3.76. The summed E-state index contributed by atoms with van der Waals surface area (Å²) in [5.41, 5.74) is 0.0481. The first-order chi connectivity index (χ1) is 9.92. The van der Waals surface area contributed by atoms with Crippen LogP contribution in [0.5, 0.6) is 11.5 Å². The molecule has 1 aromatic rings. The van der Waals surface area contributed by atoms with Crippen LogP contribution in [0.4, 0.5) is 0 Å². The molecule has 0 saturated carbocycles. The number of benzene rings is 1. The van der Waals surface area contributed by atoms with Gasteiger partial charge >= 0.3 is 5.97 Å². The topological polar surface area (TPSA) is 65.0 Å². The second-order valence-corrected chi connectivity index (χ2v) is 5.32. The van der Waals surface area contributed by atoms with E-state index in [1.165, 1.54) is 6.08 Å². The highest BCUT2D eigenvalue weighted by Crippen LogP contribution is 2.35. The smallest absolute Gasteiger partial charge is 0.330 e. The monoisotopic (exact) mass is 292 g/mol. The van der Waals surface area contributed by atoms with Crippen LogP contribution in [0.2, 0.25) is 0 Å². The summed E-state index contributed by atoms with van der Waals surface area (Å²) in [6.45, 7) is 5.88. The maximum Gasteiger partial charge on any atom is 0.330 e. The SMILES string of the molecule is CCOC(=O)/C=C/c1ccc2c(c1)OC(C)(C)[C@@H](O)CO2. The molecule has 114 valence electrons. The highest BCUT2D eigenvalue weighted by Gasteiger charge is 2.34. The summed E-state index contributed by atoms with van der Waals surface area (Å²) in [6.07, 6.45) is 2.29. The Bertz CT molecular complexity index is 548. The number of rotatable bonds is 3. The van der Waals surface area contributed by atoms with Crippen LogP contribution in [-0.2, 0) is 9.53 Å². The first-order valence-electron chi connectivity index (χ1n) is 6.91. The number of hydrogen-bond donors (Lipinski definition) is 1. The largest absolute Gasteiger partial charge is 0.487 e.